The van der Waals surface area contributed by atoms with Crippen LogP contribution in [0.15, 0.2) is 0 Å². The van der Waals surface area contributed by atoms with E-state index in [4.69, 9.17) is 39.6 Å². The molecule has 0 aliphatic heterocycles. The van der Waals surface area contributed by atoms with Gasteiger partial charge in [-0.2, -0.15) is 0 Å². The van der Waals surface area contributed by atoms with Gasteiger partial charge >= 0.3 is 83.0 Å². The Kier molecular flexibility index (Phi) is 21.7. The van der Waals surface area contributed by atoms with Crippen molar-refractivity contribution in [2.75, 3.05) is 0 Å². The van der Waals surface area contributed by atoms with Gasteiger partial charge in [0.2, 0.25) is 0 Å². The van der Waals surface area contributed by atoms with Crippen molar-refractivity contribution in [1.82, 2.24) is 0 Å². The zero-order valence-corrected chi connectivity index (χ0v) is 5.42. The summed E-state index contributed by atoms with van der Waals surface area (Å²) >= 11 is 0. The summed E-state index contributed by atoms with van der Waals surface area (Å²) < 4.78 is 0. The fourth-order valence-electron chi connectivity index (χ4n) is 0. The van der Waals surface area contributed by atoms with Crippen molar-refractivity contribution in [2.24, 2.45) is 0 Å². The molecule has 0 aliphatic carbocycles. The summed E-state index contributed by atoms with van der Waals surface area (Å²) in [6.07, 6.45) is 0. The van der Waals surface area contributed by atoms with Crippen LogP contribution in [0, 0.1) is 0 Å². The third-order valence-corrected chi connectivity index (χ3v) is 0.366. The molecule has 0 fully saturated rings. The number of carboxylic acid groups (broad SMARTS) is 4. The average Bonchev–Trinajstić information content (AvgIpc) is 1.88. The molecule has 10 heteroatoms. The van der Waals surface area contributed by atoms with E-state index < -0.39 is 23.9 Å². The van der Waals surface area contributed by atoms with Crippen molar-refractivity contribution in [2.45, 2.75) is 0 Å². The molecular weight excluding hydrogens is 222 g/mol. The minimum absolute atomic E-state index is 0. The molecule has 0 rings (SSSR count). The molecule has 72 valence electrons. The molecule has 0 aromatic heterocycles. The summed E-state index contributed by atoms with van der Waals surface area (Å²) in [6.45, 7) is 0. The van der Waals surface area contributed by atoms with Crippen LogP contribution >= 0.6 is 0 Å². The van der Waals surface area contributed by atoms with Crippen LogP contribution in [0.3, 0.4) is 0 Å². The Morgan fingerprint density at radius 2 is 0.571 bits per heavy atom. The summed E-state index contributed by atoms with van der Waals surface area (Å²) in [6, 6.07) is 0. The third kappa shape index (κ3) is 22.6. The van der Waals surface area contributed by atoms with Crippen LogP contribution in [0.25, 0.3) is 0 Å². The molecular formula is C4H6Na2O8. The van der Waals surface area contributed by atoms with Gasteiger partial charge in [-0.3, -0.25) is 0 Å². The maximum atomic E-state index is 9.10. The van der Waals surface area contributed by atoms with Crippen molar-refractivity contribution < 1.29 is 39.6 Å². The molecule has 14 heavy (non-hydrogen) atoms. The number of hydrogen-bond acceptors (Lipinski definition) is 4. The first kappa shape index (κ1) is 23.6. The van der Waals surface area contributed by atoms with E-state index in [1.165, 1.54) is 0 Å². The quantitative estimate of drug-likeness (QED) is 0.253. The van der Waals surface area contributed by atoms with Gasteiger partial charge in [0.1, 0.15) is 0 Å². The molecule has 0 radical (unpaired) electrons. The maximum absolute atomic E-state index is 9.10. The Hall–Kier alpha value is -0.120. The fraction of sp³-hybridized carbons (Fsp3) is 0. The first-order valence-corrected chi connectivity index (χ1v) is 2.21. The van der Waals surface area contributed by atoms with Gasteiger partial charge in [0.05, 0.1) is 0 Å². The second-order valence-corrected chi connectivity index (χ2v) is 1.22. The van der Waals surface area contributed by atoms with E-state index in [1.807, 2.05) is 0 Å². The zero-order valence-electron chi connectivity index (χ0n) is 5.42. The second kappa shape index (κ2) is 12.9. The molecule has 4 N–H and O–H groups in total. The van der Waals surface area contributed by atoms with E-state index >= 15 is 0 Å². The SMILES string of the molecule is O=C(O)C(=O)O.O=C(O)C(=O)O.[NaH].[NaH]. The molecule has 0 amide bonds. The van der Waals surface area contributed by atoms with E-state index in [9.17, 15) is 0 Å². The zero-order chi connectivity index (χ0) is 10.3. The van der Waals surface area contributed by atoms with E-state index in [1.54, 1.807) is 0 Å². The van der Waals surface area contributed by atoms with Crippen molar-refractivity contribution in [3.05, 3.63) is 0 Å². The predicted molar refractivity (Wildman–Crippen MR) is 44.8 cm³/mol. The van der Waals surface area contributed by atoms with Crippen LogP contribution in [-0.2, 0) is 19.2 Å². The topological polar surface area (TPSA) is 149 Å². The molecule has 0 aromatic carbocycles. The fourth-order valence-corrected chi connectivity index (χ4v) is 0. The Morgan fingerprint density at radius 1 is 0.500 bits per heavy atom. The minimum atomic E-state index is -1.82. The van der Waals surface area contributed by atoms with Crippen LogP contribution in [0.5, 0.6) is 0 Å². The van der Waals surface area contributed by atoms with Gasteiger partial charge in [0.15, 0.2) is 0 Å². The molecule has 0 aliphatic rings. The van der Waals surface area contributed by atoms with Gasteiger partial charge in [-0.1, -0.05) is 0 Å². The number of carbonyl (C=O) groups is 4. The second-order valence-electron chi connectivity index (χ2n) is 1.22. The summed E-state index contributed by atoms with van der Waals surface area (Å²) in [7, 11) is 0. The first-order valence-electron chi connectivity index (χ1n) is 2.21. The summed E-state index contributed by atoms with van der Waals surface area (Å²) in [4.78, 5) is 36.4. The average molecular weight is 228 g/mol. The molecule has 0 atom stereocenters. The van der Waals surface area contributed by atoms with Crippen LogP contribution in [0.1, 0.15) is 0 Å². The van der Waals surface area contributed by atoms with Crippen molar-refractivity contribution in [1.29, 1.82) is 0 Å². The van der Waals surface area contributed by atoms with Crippen molar-refractivity contribution >= 4 is 83.0 Å². The van der Waals surface area contributed by atoms with E-state index in [2.05, 4.69) is 0 Å². The Balaban J connectivity index is -0.0000000625. The first-order chi connectivity index (χ1) is 5.29. The normalized spacial score (nSPS) is 6.29. The van der Waals surface area contributed by atoms with E-state index in [0.29, 0.717) is 0 Å². The van der Waals surface area contributed by atoms with Gasteiger partial charge in [0, 0.05) is 0 Å². The third-order valence-electron chi connectivity index (χ3n) is 0.366. The molecule has 0 unspecified atom stereocenters. The number of aliphatic carboxylic acids is 4. The Labute approximate surface area is 121 Å². The summed E-state index contributed by atoms with van der Waals surface area (Å²) in [5.74, 6) is -7.30. The van der Waals surface area contributed by atoms with Gasteiger partial charge in [-0.15, -0.1) is 0 Å². The molecule has 0 aromatic rings. The Morgan fingerprint density at radius 3 is 0.571 bits per heavy atom. The van der Waals surface area contributed by atoms with Gasteiger partial charge in [0.25, 0.3) is 0 Å². The predicted octanol–water partition coefficient (Wildman–Crippen LogP) is -2.99. The van der Waals surface area contributed by atoms with Crippen LogP contribution in [0.2, 0.25) is 0 Å². The van der Waals surface area contributed by atoms with Crippen LogP contribution in [0.4, 0.5) is 0 Å². The molecule has 8 nitrogen and oxygen atoms in total. The molecule has 0 saturated carbocycles. The number of rotatable bonds is 0. The van der Waals surface area contributed by atoms with Crippen molar-refractivity contribution in [3.63, 3.8) is 0 Å². The monoisotopic (exact) mass is 228 g/mol. The van der Waals surface area contributed by atoms with Crippen LogP contribution in [-0.4, -0.2) is 103 Å². The van der Waals surface area contributed by atoms with Gasteiger partial charge in [-0.05, 0) is 0 Å². The molecule has 0 spiro atoms. The van der Waals surface area contributed by atoms with E-state index in [-0.39, 0.29) is 59.1 Å². The molecule has 0 bridgehead atoms. The standard InChI is InChI=1S/2C2H2O4.2Na.2H/c2*3-1(4)2(5)6;;;;/h2*(H,3,4)(H,5,6);;;;. The summed E-state index contributed by atoms with van der Waals surface area (Å²) in [5, 5.41) is 29.6. The molecule has 0 saturated heterocycles. The van der Waals surface area contributed by atoms with E-state index in [0.717, 1.165) is 0 Å². The van der Waals surface area contributed by atoms with Crippen LogP contribution < -0.4 is 0 Å². The summed E-state index contributed by atoms with van der Waals surface area (Å²) in [5.41, 5.74) is 0. The van der Waals surface area contributed by atoms with Gasteiger partial charge in [-0.25, -0.2) is 19.2 Å². The Bertz CT molecular complexity index is 175. The molecule has 0 heterocycles. The van der Waals surface area contributed by atoms with Gasteiger partial charge < -0.3 is 20.4 Å². The number of carboxylic acids is 4. The van der Waals surface area contributed by atoms with Crippen molar-refractivity contribution in [3.8, 4) is 0 Å². The number of hydrogen-bond donors (Lipinski definition) is 4.